The fourth-order valence-electron chi connectivity index (χ4n) is 2.97. The molecule has 0 saturated heterocycles. The Balaban J connectivity index is 1.78. The first kappa shape index (κ1) is 13.8. The van der Waals surface area contributed by atoms with E-state index in [0.717, 1.165) is 26.2 Å². The monoisotopic (exact) mass is 291 g/mol. The lowest BCUT2D eigenvalue weighted by molar-refractivity contribution is 0.135. The van der Waals surface area contributed by atoms with Crippen molar-refractivity contribution in [1.82, 2.24) is 14.7 Å². The number of hydrogen-bond acceptors (Lipinski definition) is 4. The highest BCUT2D eigenvalue weighted by Crippen LogP contribution is 2.29. The number of rotatable bonds is 4. The van der Waals surface area contributed by atoms with E-state index in [2.05, 4.69) is 35.3 Å². The number of nitrogens with zero attached hydrogens (tertiary/aromatic N) is 3. The summed E-state index contributed by atoms with van der Waals surface area (Å²) in [6.07, 6.45) is 2.14. The minimum absolute atomic E-state index is 0.381. The zero-order chi connectivity index (χ0) is 14.1. The standard InChI is InChI=1S/C15H21N3OS/c1-11-4-5-14(20-11)9-18-7-12-6-17(2)16-15(12)13(8-18)10-19-3/h4-6,13H,7-10H2,1-3H3/t13-/m0/s1. The molecule has 0 fully saturated rings. The van der Waals surface area contributed by atoms with Crippen LogP contribution in [0.1, 0.15) is 26.9 Å². The van der Waals surface area contributed by atoms with Crippen molar-refractivity contribution in [3.8, 4) is 0 Å². The lowest BCUT2D eigenvalue weighted by Gasteiger charge is -2.31. The van der Waals surface area contributed by atoms with E-state index in [-0.39, 0.29) is 0 Å². The van der Waals surface area contributed by atoms with Crippen LogP contribution in [0.2, 0.25) is 0 Å². The van der Waals surface area contributed by atoms with Crippen molar-refractivity contribution in [2.24, 2.45) is 7.05 Å². The number of thiophene rings is 1. The average molecular weight is 291 g/mol. The summed E-state index contributed by atoms with van der Waals surface area (Å²) in [7, 11) is 3.76. The van der Waals surface area contributed by atoms with Crippen molar-refractivity contribution in [2.75, 3.05) is 20.3 Å². The summed E-state index contributed by atoms with van der Waals surface area (Å²) >= 11 is 1.89. The SMILES string of the molecule is COC[C@@H]1CN(Cc2ccc(C)s2)Cc2cn(C)nc21. The first-order valence-corrected chi connectivity index (χ1v) is 7.76. The lowest BCUT2D eigenvalue weighted by Crippen LogP contribution is -2.34. The molecule has 0 aliphatic carbocycles. The minimum Gasteiger partial charge on any atom is -0.384 e. The third kappa shape index (κ3) is 2.80. The van der Waals surface area contributed by atoms with Crippen molar-refractivity contribution < 1.29 is 4.74 Å². The van der Waals surface area contributed by atoms with E-state index in [0.29, 0.717) is 5.92 Å². The maximum Gasteiger partial charge on any atom is 0.0736 e. The Labute approximate surface area is 124 Å². The molecule has 1 aliphatic heterocycles. The predicted molar refractivity (Wildman–Crippen MR) is 81.0 cm³/mol. The van der Waals surface area contributed by atoms with Crippen LogP contribution in [0, 0.1) is 6.92 Å². The summed E-state index contributed by atoms with van der Waals surface area (Å²) in [5, 5.41) is 4.61. The van der Waals surface area contributed by atoms with Crippen LogP contribution in [-0.2, 0) is 24.9 Å². The Hall–Kier alpha value is -1.17. The van der Waals surface area contributed by atoms with Gasteiger partial charge in [-0.25, -0.2) is 0 Å². The lowest BCUT2D eigenvalue weighted by atomic mass is 9.97. The van der Waals surface area contributed by atoms with E-state index in [1.54, 1.807) is 7.11 Å². The topological polar surface area (TPSA) is 30.3 Å². The summed E-state index contributed by atoms with van der Waals surface area (Å²) in [6.45, 7) is 5.93. The molecule has 5 heteroatoms. The molecule has 20 heavy (non-hydrogen) atoms. The first-order chi connectivity index (χ1) is 9.65. The van der Waals surface area contributed by atoms with Crippen LogP contribution in [0.4, 0.5) is 0 Å². The van der Waals surface area contributed by atoms with Crippen LogP contribution >= 0.6 is 11.3 Å². The molecule has 0 aromatic carbocycles. The zero-order valence-electron chi connectivity index (χ0n) is 12.3. The molecule has 1 atom stereocenters. The number of fused-ring (bicyclic) bond motifs is 1. The van der Waals surface area contributed by atoms with Gasteiger partial charge < -0.3 is 4.74 Å². The van der Waals surface area contributed by atoms with Crippen molar-refractivity contribution in [3.05, 3.63) is 39.3 Å². The number of hydrogen-bond donors (Lipinski definition) is 0. The predicted octanol–water partition coefficient (Wildman–Crippen LogP) is 2.54. The average Bonchev–Trinajstić information content (AvgIpc) is 2.95. The normalized spacial score (nSPS) is 19.2. The maximum atomic E-state index is 5.38. The van der Waals surface area contributed by atoms with Gasteiger partial charge in [-0.15, -0.1) is 11.3 Å². The number of ether oxygens (including phenoxy) is 1. The Kier molecular flexibility index (Phi) is 3.92. The molecule has 0 unspecified atom stereocenters. The summed E-state index contributed by atoms with van der Waals surface area (Å²) in [5.74, 6) is 0.381. The van der Waals surface area contributed by atoms with Crippen LogP contribution < -0.4 is 0 Å². The number of aromatic nitrogens is 2. The molecule has 1 aliphatic rings. The zero-order valence-corrected chi connectivity index (χ0v) is 13.1. The smallest absolute Gasteiger partial charge is 0.0736 e. The van der Waals surface area contributed by atoms with Gasteiger partial charge in [0.15, 0.2) is 0 Å². The molecule has 3 rings (SSSR count). The van der Waals surface area contributed by atoms with E-state index in [4.69, 9.17) is 4.74 Å². The number of methoxy groups -OCH3 is 1. The van der Waals surface area contributed by atoms with Gasteiger partial charge in [-0.1, -0.05) is 0 Å². The molecule has 4 nitrogen and oxygen atoms in total. The Morgan fingerprint density at radius 1 is 1.45 bits per heavy atom. The quantitative estimate of drug-likeness (QED) is 0.867. The second-order valence-corrected chi connectivity index (χ2v) is 6.92. The molecule has 0 spiro atoms. The summed E-state index contributed by atoms with van der Waals surface area (Å²) in [4.78, 5) is 5.32. The van der Waals surface area contributed by atoms with Crippen molar-refractivity contribution in [3.63, 3.8) is 0 Å². The van der Waals surface area contributed by atoms with Crippen molar-refractivity contribution >= 4 is 11.3 Å². The Bertz CT molecular complexity index is 590. The highest BCUT2D eigenvalue weighted by molar-refractivity contribution is 7.11. The van der Waals surface area contributed by atoms with Gasteiger partial charge in [-0.05, 0) is 19.1 Å². The molecule has 0 saturated carbocycles. The van der Waals surface area contributed by atoms with Crippen LogP contribution in [0.3, 0.4) is 0 Å². The van der Waals surface area contributed by atoms with Crippen LogP contribution in [-0.4, -0.2) is 34.9 Å². The van der Waals surface area contributed by atoms with Crippen molar-refractivity contribution in [1.29, 1.82) is 0 Å². The molecule has 0 N–H and O–H groups in total. The highest BCUT2D eigenvalue weighted by atomic mass is 32.1. The van der Waals surface area contributed by atoms with E-state index >= 15 is 0 Å². The van der Waals surface area contributed by atoms with Crippen molar-refractivity contribution in [2.45, 2.75) is 25.9 Å². The second-order valence-electron chi connectivity index (χ2n) is 5.55. The van der Waals surface area contributed by atoms with Gasteiger partial charge in [0.2, 0.25) is 0 Å². The van der Waals surface area contributed by atoms with Gasteiger partial charge in [0.1, 0.15) is 0 Å². The molecule has 108 valence electrons. The molecule has 0 bridgehead atoms. The first-order valence-electron chi connectivity index (χ1n) is 6.94. The van der Waals surface area contributed by atoms with E-state index in [9.17, 15) is 0 Å². The van der Waals surface area contributed by atoms with Crippen LogP contribution in [0.25, 0.3) is 0 Å². The third-order valence-corrected chi connectivity index (χ3v) is 4.73. The molecular weight excluding hydrogens is 270 g/mol. The van der Waals surface area contributed by atoms with E-state index in [1.165, 1.54) is 21.0 Å². The fraction of sp³-hybridized carbons (Fsp3) is 0.533. The highest BCUT2D eigenvalue weighted by Gasteiger charge is 2.28. The summed E-state index contributed by atoms with van der Waals surface area (Å²) < 4.78 is 7.30. The molecular formula is C15H21N3OS. The fourth-order valence-corrected chi connectivity index (χ4v) is 3.90. The Morgan fingerprint density at radius 2 is 2.30 bits per heavy atom. The van der Waals surface area contributed by atoms with Gasteiger partial charge in [-0.3, -0.25) is 9.58 Å². The van der Waals surface area contributed by atoms with Gasteiger partial charge in [-0.2, -0.15) is 5.10 Å². The van der Waals surface area contributed by atoms with Crippen LogP contribution in [0.5, 0.6) is 0 Å². The molecule has 2 aromatic heterocycles. The molecule has 0 radical (unpaired) electrons. The van der Waals surface area contributed by atoms with Gasteiger partial charge >= 0.3 is 0 Å². The number of aryl methyl sites for hydroxylation is 2. The summed E-state index contributed by atoms with van der Waals surface area (Å²) in [6, 6.07) is 4.44. The Morgan fingerprint density at radius 3 is 3.00 bits per heavy atom. The van der Waals surface area contributed by atoms with Crippen LogP contribution in [0.15, 0.2) is 18.3 Å². The third-order valence-electron chi connectivity index (χ3n) is 3.74. The summed E-state index contributed by atoms with van der Waals surface area (Å²) in [5.41, 5.74) is 2.56. The molecule has 2 aromatic rings. The molecule has 0 amide bonds. The largest absolute Gasteiger partial charge is 0.384 e. The van der Waals surface area contributed by atoms with E-state index in [1.807, 2.05) is 23.1 Å². The van der Waals surface area contributed by atoms with Gasteiger partial charge in [0.25, 0.3) is 0 Å². The molecule has 3 heterocycles. The minimum atomic E-state index is 0.381. The maximum absolute atomic E-state index is 5.38. The second kappa shape index (κ2) is 5.68. The van der Waals surface area contributed by atoms with E-state index < -0.39 is 0 Å². The van der Waals surface area contributed by atoms with Gasteiger partial charge in [0, 0.05) is 61.2 Å². The van der Waals surface area contributed by atoms with Gasteiger partial charge in [0.05, 0.1) is 12.3 Å².